The minimum atomic E-state index is -1.08. The first-order valence-corrected chi connectivity index (χ1v) is 12.4. The van der Waals surface area contributed by atoms with Crippen molar-refractivity contribution in [2.75, 3.05) is 6.54 Å². The number of hydrogen-bond donors (Lipinski definition) is 1. The number of carboxylic acids is 1. The van der Waals surface area contributed by atoms with Gasteiger partial charge in [-0.25, -0.2) is 4.98 Å². The van der Waals surface area contributed by atoms with Crippen molar-refractivity contribution in [3.8, 4) is 22.5 Å². The van der Waals surface area contributed by atoms with Crippen molar-refractivity contribution in [2.45, 2.75) is 26.8 Å². The summed E-state index contributed by atoms with van der Waals surface area (Å²) < 4.78 is 3.99. The maximum absolute atomic E-state index is 13.6. The molecule has 0 amide bonds. The van der Waals surface area contributed by atoms with E-state index in [-0.39, 0.29) is 5.56 Å². The van der Waals surface area contributed by atoms with Crippen LogP contribution in [0.2, 0.25) is 5.02 Å². The fourth-order valence-electron chi connectivity index (χ4n) is 4.56. The Balaban J connectivity index is 0.000000747. The van der Waals surface area contributed by atoms with E-state index < -0.39 is 5.97 Å². The SMILES string of the molecule is CC(=O)[O-].Cc1ccc2c(c1)nc(-c1c(-c3ccc(Cl)cc3)n(CCC[NH3+])c3ccccc13)c(=O)n2C. The van der Waals surface area contributed by atoms with Gasteiger partial charge < -0.3 is 24.8 Å². The summed E-state index contributed by atoms with van der Waals surface area (Å²) in [4.78, 5) is 27.5. The number of aromatic nitrogens is 3. The normalized spacial score (nSPS) is 10.9. The molecule has 0 fully saturated rings. The molecule has 0 bridgehead atoms. The lowest BCUT2D eigenvalue weighted by atomic mass is 10.0. The molecule has 5 aromatic rings. The highest BCUT2D eigenvalue weighted by Crippen LogP contribution is 2.40. The Kier molecular flexibility index (Phi) is 7.76. The fraction of sp³-hybridized carbons (Fsp3) is 0.207. The number of para-hydroxylation sites is 1. The van der Waals surface area contributed by atoms with Crippen LogP contribution < -0.4 is 16.4 Å². The van der Waals surface area contributed by atoms with Crippen molar-refractivity contribution >= 4 is 39.5 Å². The van der Waals surface area contributed by atoms with Crippen LogP contribution in [0.5, 0.6) is 0 Å². The van der Waals surface area contributed by atoms with Gasteiger partial charge >= 0.3 is 0 Å². The van der Waals surface area contributed by atoms with Crippen LogP contribution in [0.15, 0.2) is 71.5 Å². The molecule has 0 aliphatic rings. The second-order valence-electron chi connectivity index (χ2n) is 8.91. The van der Waals surface area contributed by atoms with Gasteiger partial charge in [-0.1, -0.05) is 48.0 Å². The highest BCUT2D eigenvalue weighted by Gasteiger charge is 2.24. The minimum absolute atomic E-state index is 0.110. The zero-order chi connectivity index (χ0) is 26.7. The van der Waals surface area contributed by atoms with E-state index in [9.17, 15) is 4.79 Å². The van der Waals surface area contributed by atoms with E-state index in [4.69, 9.17) is 26.5 Å². The molecule has 0 aliphatic carbocycles. The standard InChI is InChI=1S/C27H25ClN4O.C2H4O2/c1-17-8-13-23-21(16-17)30-25(27(33)31(23)2)24-20-6-3-4-7-22(20)32(15-5-14-29)26(24)18-9-11-19(28)12-10-18;1-2(3)4/h3-4,6-13,16H,5,14-15,29H2,1-2H3;1H3,(H,3,4). The highest BCUT2D eigenvalue weighted by molar-refractivity contribution is 6.30. The number of carbonyl (C=O) groups is 1. The molecule has 0 radical (unpaired) electrons. The number of rotatable bonds is 5. The van der Waals surface area contributed by atoms with E-state index in [2.05, 4.69) is 22.4 Å². The lowest BCUT2D eigenvalue weighted by Crippen LogP contribution is -2.50. The van der Waals surface area contributed by atoms with Gasteiger partial charge in [0, 0.05) is 47.5 Å². The van der Waals surface area contributed by atoms with Crippen LogP contribution in [0.4, 0.5) is 0 Å². The Labute approximate surface area is 219 Å². The van der Waals surface area contributed by atoms with Gasteiger partial charge in [0.2, 0.25) is 0 Å². The molecule has 3 N–H and O–H groups in total. The predicted molar refractivity (Wildman–Crippen MR) is 146 cm³/mol. The summed E-state index contributed by atoms with van der Waals surface area (Å²) in [6.45, 7) is 4.64. The number of nitrogens with zero attached hydrogens (tertiary/aromatic N) is 3. The van der Waals surface area contributed by atoms with Gasteiger partial charge in [0.05, 0.1) is 23.3 Å². The molecule has 5 rings (SSSR count). The maximum Gasteiger partial charge on any atom is 0.277 e. The molecule has 2 aromatic heterocycles. The summed E-state index contributed by atoms with van der Waals surface area (Å²) in [5.41, 5.74) is 11.1. The van der Waals surface area contributed by atoms with Crippen LogP contribution in [0.3, 0.4) is 0 Å². The fourth-order valence-corrected chi connectivity index (χ4v) is 4.69. The summed E-state index contributed by atoms with van der Waals surface area (Å²) >= 11 is 6.20. The Morgan fingerprint density at radius 1 is 1.05 bits per heavy atom. The predicted octanol–water partition coefficient (Wildman–Crippen LogP) is 3.57. The Bertz CT molecular complexity index is 1650. The second kappa shape index (κ2) is 11.0. The van der Waals surface area contributed by atoms with Gasteiger partial charge in [-0.2, -0.15) is 0 Å². The lowest BCUT2D eigenvalue weighted by Gasteiger charge is -2.13. The Morgan fingerprint density at radius 2 is 1.73 bits per heavy atom. The third-order valence-electron chi connectivity index (χ3n) is 6.19. The third-order valence-corrected chi connectivity index (χ3v) is 6.44. The molecule has 0 unspecified atom stereocenters. The molecule has 37 heavy (non-hydrogen) atoms. The van der Waals surface area contributed by atoms with Crippen LogP contribution in [0.25, 0.3) is 44.5 Å². The molecular weight excluding hydrogens is 488 g/mol. The average molecular weight is 517 g/mol. The molecular formula is C29H29ClN4O3. The Hall–Kier alpha value is -3.94. The summed E-state index contributed by atoms with van der Waals surface area (Å²) in [7, 11) is 1.81. The summed E-state index contributed by atoms with van der Waals surface area (Å²) in [5, 5.41) is 10.6. The molecule has 3 aromatic carbocycles. The largest absolute Gasteiger partial charge is 0.550 e. The van der Waals surface area contributed by atoms with Crippen LogP contribution in [-0.4, -0.2) is 26.6 Å². The van der Waals surface area contributed by atoms with Crippen molar-refractivity contribution in [2.24, 2.45) is 7.05 Å². The van der Waals surface area contributed by atoms with E-state index in [1.165, 1.54) is 0 Å². The summed E-state index contributed by atoms with van der Waals surface area (Å²) in [5.74, 6) is -1.08. The molecule has 8 heteroatoms. The third kappa shape index (κ3) is 5.28. The van der Waals surface area contributed by atoms with E-state index in [1.807, 2.05) is 68.6 Å². The maximum atomic E-state index is 13.6. The number of carbonyl (C=O) groups excluding carboxylic acids is 1. The molecule has 2 heterocycles. The highest BCUT2D eigenvalue weighted by atomic mass is 35.5. The first-order valence-electron chi connectivity index (χ1n) is 12.0. The van der Waals surface area contributed by atoms with E-state index in [0.717, 1.165) is 70.8 Å². The molecule has 0 spiro atoms. The summed E-state index contributed by atoms with van der Waals surface area (Å²) in [6, 6.07) is 22.0. The number of quaternary nitrogens is 1. The molecule has 0 saturated carbocycles. The van der Waals surface area contributed by atoms with Crippen LogP contribution in [0.1, 0.15) is 18.9 Å². The monoisotopic (exact) mass is 516 g/mol. The van der Waals surface area contributed by atoms with Gasteiger partial charge in [-0.05, 0) is 55.3 Å². The van der Waals surface area contributed by atoms with Crippen molar-refractivity contribution in [1.82, 2.24) is 14.1 Å². The number of benzene rings is 3. The molecule has 0 atom stereocenters. The molecule has 0 aliphatic heterocycles. The van der Waals surface area contributed by atoms with Crippen LogP contribution in [0, 0.1) is 6.92 Å². The van der Waals surface area contributed by atoms with Gasteiger partial charge in [0.1, 0.15) is 5.69 Å². The lowest BCUT2D eigenvalue weighted by molar-refractivity contribution is -0.368. The van der Waals surface area contributed by atoms with Crippen molar-refractivity contribution in [3.05, 3.63) is 87.7 Å². The number of aliphatic carboxylic acids is 1. The van der Waals surface area contributed by atoms with Gasteiger partial charge in [-0.15, -0.1) is 0 Å². The zero-order valence-electron chi connectivity index (χ0n) is 21.1. The number of hydrogen-bond acceptors (Lipinski definition) is 4. The first-order chi connectivity index (χ1) is 17.7. The van der Waals surface area contributed by atoms with Gasteiger partial charge in [-0.3, -0.25) is 4.79 Å². The van der Waals surface area contributed by atoms with Crippen molar-refractivity contribution in [1.29, 1.82) is 0 Å². The minimum Gasteiger partial charge on any atom is -0.550 e. The van der Waals surface area contributed by atoms with Crippen molar-refractivity contribution in [3.63, 3.8) is 0 Å². The van der Waals surface area contributed by atoms with Gasteiger partial charge in [0.25, 0.3) is 5.56 Å². The number of halogens is 1. The van der Waals surface area contributed by atoms with Crippen molar-refractivity contribution < 1.29 is 15.6 Å². The van der Waals surface area contributed by atoms with Gasteiger partial charge in [0.15, 0.2) is 0 Å². The topological polar surface area (TPSA) is 108 Å². The van der Waals surface area contributed by atoms with E-state index in [1.54, 1.807) is 4.57 Å². The first kappa shape index (κ1) is 26.1. The number of carboxylic acid groups (broad SMARTS) is 1. The smallest absolute Gasteiger partial charge is 0.277 e. The molecule has 0 saturated heterocycles. The number of fused-ring (bicyclic) bond motifs is 2. The second-order valence-corrected chi connectivity index (χ2v) is 9.35. The van der Waals surface area contributed by atoms with Crippen LogP contribution >= 0.6 is 11.6 Å². The van der Waals surface area contributed by atoms with E-state index >= 15 is 0 Å². The molecule has 7 nitrogen and oxygen atoms in total. The molecule has 190 valence electrons. The number of aryl methyl sites for hydroxylation is 3. The average Bonchev–Trinajstić information content (AvgIpc) is 3.19. The summed E-state index contributed by atoms with van der Waals surface area (Å²) in [6.07, 6.45) is 0.932. The zero-order valence-corrected chi connectivity index (χ0v) is 21.9. The van der Waals surface area contributed by atoms with E-state index in [0.29, 0.717) is 10.7 Å². The van der Waals surface area contributed by atoms with Crippen LogP contribution in [-0.2, 0) is 18.4 Å². The Morgan fingerprint density at radius 3 is 2.41 bits per heavy atom. The quantitative estimate of drug-likeness (QED) is 0.385.